The maximum atomic E-state index is 12.4. The van der Waals surface area contributed by atoms with Crippen LogP contribution in [-0.2, 0) is 4.74 Å². The van der Waals surface area contributed by atoms with Gasteiger partial charge in [-0.3, -0.25) is 4.79 Å². The lowest BCUT2D eigenvalue weighted by Gasteiger charge is -2.38. The van der Waals surface area contributed by atoms with E-state index < -0.39 is 12.7 Å². The van der Waals surface area contributed by atoms with Crippen molar-refractivity contribution >= 4 is 23.2 Å². The molecule has 1 fully saturated rings. The molecule has 0 saturated carbocycles. The van der Waals surface area contributed by atoms with Gasteiger partial charge in [0.1, 0.15) is 5.15 Å². The smallest absolute Gasteiger partial charge is 0.345 e. The number of aliphatic hydroxyl groups excluding tert-OH is 1. The Bertz CT molecular complexity index is 556. The fourth-order valence-electron chi connectivity index (χ4n) is 2.26. The lowest BCUT2D eigenvalue weighted by atomic mass is 10.1. The zero-order valence-electron chi connectivity index (χ0n) is 12.5. The Morgan fingerprint density at radius 1 is 1.61 bits per heavy atom. The number of carbonyl (C=O) groups is 1. The summed E-state index contributed by atoms with van der Waals surface area (Å²) in [5.41, 5.74) is 0.795. The Morgan fingerprint density at radius 2 is 2.30 bits per heavy atom. The van der Waals surface area contributed by atoms with Gasteiger partial charge in [-0.25, -0.2) is 4.98 Å². The Labute approximate surface area is 137 Å². The molecule has 128 valence electrons. The van der Waals surface area contributed by atoms with Crippen molar-refractivity contribution in [2.24, 2.45) is 0 Å². The molecule has 0 unspecified atom stereocenters. The van der Waals surface area contributed by atoms with Gasteiger partial charge < -0.3 is 20.1 Å². The molecular weight excluding hydrogens is 332 g/mol. The minimum atomic E-state index is -2.84. The monoisotopic (exact) mass is 349 g/mol. The maximum Gasteiger partial charge on any atom is 0.345 e. The van der Waals surface area contributed by atoms with Crippen LogP contribution in [0.5, 0.6) is 0 Å². The molecule has 0 bridgehead atoms. The van der Waals surface area contributed by atoms with Crippen molar-refractivity contribution in [3.05, 3.63) is 23.0 Å². The van der Waals surface area contributed by atoms with E-state index >= 15 is 0 Å². The molecule has 1 aliphatic heterocycles. The minimum absolute atomic E-state index is 0.00896. The van der Waals surface area contributed by atoms with Gasteiger partial charge in [0.25, 0.3) is 5.91 Å². The van der Waals surface area contributed by atoms with Crippen LogP contribution in [0.4, 0.5) is 14.5 Å². The number of anilines is 1. The van der Waals surface area contributed by atoms with E-state index in [0.29, 0.717) is 17.7 Å². The molecule has 1 aromatic rings. The number of hydrogen-bond acceptors (Lipinski definition) is 5. The average Bonchev–Trinajstić information content (AvgIpc) is 2.42. The second-order valence-electron chi connectivity index (χ2n) is 5.34. The number of carbonyl (C=O) groups excluding carboxylic acids is 1. The largest absolute Gasteiger partial charge is 0.396 e. The van der Waals surface area contributed by atoms with E-state index in [-0.39, 0.29) is 36.8 Å². The van der Waals surface area contributed by atoms with E-state index in [2.05, 4.69) is 15.0 Å². The highest BCUT2D eigenvalue weighted by atomic mass is 35.5. The first kappa shape index (κ1) is 17.8. The van der Waals surface area contributed by atoms with E-state index in [4.69, 9.17) is 16.7 Å². The molecule has 1 aromatic heterocycles. The number of rotatable bonds is 7. The topological polar surface area (TPSA) is 74.7 Å². The van der Waals surface area contributed by atoms with Crippen LogP contribution in [0.2, 0.25) is 5.15 Å². The van der Waals surface area contributed by atoms with Crippen molar-refractivity contribution in [1.29, 1.82) is 0 Å². The first-order valence-corrected chi connectivity index (χ1v) is 7.54. The molecular formula is C14H18ClF2N3O3. The van der Waals surface area contributed by atoms with Gasteiger partial charge >= 0.3 is 6.61 Å². The molecule has 1 amide bonds. The highest BCUT2D eigenvalue weighted by Crippen LogP contribution is 2.25. The van der Waals surface area contributed by atoms with Crippen molar-refractivity contribution in [2.75, 3.05) is 25.0 Å². The van der Waals surface area contributed by atoms with E-state index in [9.17, 15) is 13.6 Å². The van der Waals surface area contributed by atoms with Gasteiger partial charge in [0.15, 0.2) is 0 Å². The van der Waals surface area contributed by atoms with Gasteiger partial charge in [0.05, 0.1) is 17.4 Å². The number of alkyl halides is 2. The summed E-state index contributed by atoms with van der Waals surface area (Å²) < 4.78 is 28.5. The number of likely N-dealkylation sites (tertiary alicyclic amines) is 1. The van der Waals surface area contributed by atoms with Crippen molar-refractivity contribution in [3.63, 3.8) is 0 Å². The number of ether oxygens (including phenoxy) is 1. The molecule has 2 N–H and O–H groups in total. The molecule has 0 aliphatic carbocycles. The molecule has 1 aliphatic rings. The first-order valence-electron chi connectivity index (χ1n) is 7.16. The fraction of sp³-hybridized carbons (Fsp3) is 0.571. The lowest BCUT2D eigenvalue weighted by Crippen LogP contribution is -2.55. The Kier molecular flexibility index (Phi) is 6.09. The highest BCUT2D eigenvalue weighted by molar-refractivity contribution is 6.29. The normalized spacial score (nSPS) is 16.3. The first-order chi connectivity index (χ1) is 10.9. The Hall–Kier alpha value is -1.51. The van der Waals surface area contributed by atoms with Gasteiger partial charge in [-0.05, 0) is 19.4 Å². The third-order valence-electron chi connectivity index (χ3n) is 3.50. The van der Waals surface area contributed by atoms with Gasteiger partial charge in [-0.1, -0.05) is 11.6 Å². The van der Waals surface area contributed by atoms with Crippen molar-refractivity contribution < 1.29 is 23.4 Å². The minimum Gasteiger partial charge on any atom is -0.396 e. The van der Waals surface area contributed by atoms with Crippen LogP contribution < -0.4 is 5.32 Å². The fourth-order valence-corrected chi connectivity index (χ4v) is 2.41. The van der Waals surface area contributed by atoms with E-state index in [0.717, 1.165) is 0 Å². The number of amides is 1. The summed E-state index contributed by atoms with van der Waals surface area (Å²) in [7, 11) is 0. The lowest BCUT2D eigenvalue weighted by molar-refractivity contribution is -0.189. The third kappa shape index (κ3) is 4.73. The number of aromatic nitrogens is 1. The molecule has 0 radical (unpaired) electrons. The highest BCUT2D eigenvalue weighted by Gasteiger charge is 2.34. The van der Waals surface area contributed by atoms with Gasteiger partial charge in [-0.2, -0.15) is 8.78 Å². The average molecular weight is 350 g/mol. The predicted octanol–water partition coefficient (Wildman–Crippen LogP) is 1.98. The van der Waals surface area contributed by atoms with Crippen LogP contribution in [0.25, 0.3) is 0 Å². The quantitative estimate of drug-likeness (QED) is 0.736. The summed E-state index contributed by atoms with van der Waals surface area (Å²) in [5.74, 6) is -0.331. The van der Waals surface area contributed by atoms with Crippen LogP contribution in [0.3, 0.4) is 0 Å². The van der Waals surface area contributed by atoms with E-state index in [1.807, 2.05) is 6.92 Å². The second-order valence-corrected chi connectivity index (χ2v) is 5.73. The summed E-state index contributed by atoms with van der Waals surface area (Å²) in [6.07, 6.45) is 1.20. The Morgan fingerprint density at radius 3 is 2.91 bits per heavy atom. The summed E-state index contributed by atoms with van der Waals surface area (Å²) in [6.45, 7) is -0.759. The van der Waals surface area contributed by atoms with E-state index in [1.165, 1.54) is 17.2 Å². The van der Waals surface area contributed by atoms with Crippen molar-refractivity contribution in [1.82, 2.24) is 9.88 Å². The SMILES string of the molecule is C[C@@H](CCO)Nc1cc(Cl)ncc1C(=O)N1CC(OC(F)F)C1. The van der Waals surface area contributed by atoms with Crippen LogP contribution in [0.15, 0.2) is 12.3 Å². The summed E-state index contributed by atoms with van der Waals surface area (Å²) in [4.78, 5) is 17.7. The number of pyridine rings is 1. The zero-order chi connectivity index (χ0) is 17.0. The zero-order valence-corrected chi connectivity index (χ0v) is 13.3. The van der Waals surface area contributed by atoms with Crippen molar-refractivity contribution in [2.45, 2.75) is 32.1 Å². The number of hydrogen-bond donors (Lipinski definition) is 2. The number of nitrogens with one attached hydrogen (secondary N) is 1. The standard InChI is InChI=1S/C14H18ClF2N3O3/c1-8(2-3-21)19-11-4-12(15)18-5-10(11)13(22)20-6-9(7-20)23-14(16)17/h4-5,8-9,14,21H,2-3,6-7H2,1H3,(H,18,19)/t8-/m0/s1. The van der Waals surface area contributed by atoms with Crippen LogP contribution >= 0.6 is 11.6 Å². The molecule has 9 heteroatoms. The molecule has 23 heavy (non-hydrogen) atoms. The molecule has 1 atom stereocenters. The summed E-state index contributed by atoms with van der Waals surface area (Å²) in [6, 6.07) is 1.45. The van der Waals surface area contributed by atoms with Crippen LogP contribution in [-0.4, -0.2) is 59.4 Å². The molecule has 6 nitrogen and oxygen atoms in total. The van der Waals surface area contributed by atoms with Gasteiger partial charge in [-0.15, -0.1) is 0 Å². The number of nitrogens with zero attached hydrogens (tertiary/aromatic N) is 2. The number of aliphatic hydroxyl groups is 1. The molecule has 2 rings (SSSR count). The van der Waals surface area contributed by atoms with E-state index in [1.54, 1.807) is 0 Å². The number of halogens is 3. The molecule has 1 saturated heterocycles. The van der Waals surface area contributed by atoms with Gasteiger partial charge in [0.2, 0.25) is 0 Å². The molecule has 2 heterocycles. The summed E-state index contributed by atoms with van der Waals surface area (Å²) >= 11 is 5.86. The predicted molar refractivity (Wildman–Crippen MR) is 80.8 cm³/mol. The third-order valence-corrected chi connectivity index (χ3v) is 3.70. The van der Waals surface area contributed by atoms with Crippen LogP contribution in [0.1, 0.15) is 23.7 Å². The Balaban J connectivity index is 2.05. The van der Waals surface area contributed by atoms with Gasteiger partial charge in [0, 0.05) is 31.9 Å². The second kappa shape index (κ2) is 7.85. The summed E-state index contributed by atoms with van der Waals surface area (Å²) in [5, 5.41) is 12.3. The molecule has 0 spiro atoms. The molecule has 0 aromatic carbocycles. The van der Waals surface area contributed by atoms with Crippen molar-refractivity contribution in [3.8, 4) is 0 Å². The maximum absolute atomic E-state index is 12.4. The van der Waals surface area contributed by atoms with Crippen LogP contribution in [0, 0.1) is 0 Å².